The number of hydrogen-bond acceptors (Lipinski definition) is 3. The van der Waals surface area contributed by atoms with E-state index in [2.05, 4.69) is 6.07 Å². The summed E-state index contributed by atoms with van der Waals surface area (Å²) in [5, 5.41) is 18.2. The predicted molar refractivity (Wildman–Crippen MR) is 74.5 cm³/mol. The molecule has 0 aliphatic heterocycles. The molecule has 4 heteroatoms. The fourth-order valence-corrected chi connectivity index (χ4v) is 2.90. The van der Waals surface area contributed by atoms with Crippen LogP contribution in [0.25, 0.3) is 5.52 Å². The van der Waals surface area contributed by atoms with E-state index >= 15 is 0 Å². The van der Waals surface area contributed by atoms with Crippen LogP contribution in [0.5, 0.6) is 0 Å². The van der Waals surface area contributed by atoms with E-state index in [1.807, 2.05) is 41.9 Å². The van der Waals surface area contributed by atoms with E-state index in [1.165, 1.54) is 0 Å². The molecule has 3 nitrogen and oxygen atoms in total. The SMILES string of the molecule is CC(CO)CSCc1cn2ccccc2c1C#N. The van der Waals surface area contributed by atoms with Gasteiger partial charge in [-0.3, -0.25) is 0 Å². The topological polar surface area (TPSA) is 48.4 Å². The van der Waals surface area contributed by atoms with Gasteiger partial charge in [-0.1, -0.05) is 13.0 Å². The standard InChI is InChI=1S/C14H16N2OS/c1-11(8-17)9-18-10-12-7-16-5-3-2-4-14(16)13(12)6-15/h2-5,7,11,17H,8-10H2,1H3. The highest BCUT2D eigenvalue weighted by Gasteiger charge is 2.10. The van der Waals surface area contributed by atoms with E-state index in [0.29, 0.717) is 5.92 Å². The lowest BCUT2D eigenvalue weighted by atomic mass is 10.2. The monoisotopic (exact) mass is 260 g/mol. The van der Waals surface area contributed by atoms with Gasteiger partial charge >= 0.3 is 0 Å². The van der Waals surface area contributed by atoms with Gasteiger partial charge in [0.05, 0.1) is 11.1 Å². The summed E-state index contributed by atoms with van der Waals surface area (Å²) in [4.78, 5) is 0. The van der Waals surface area contributed by atoms with Gasteiger partial charge in [-0.05, 0) is 29.4 Å². The van der Waals surface area contributed by atoms with E-state index in [-0.39, 0.29) is 6.61 Å². The molecule has 2 rings (SSSR count). The van der Waals surface area contributed by atoms with Crippen molar-refractivity contribution in [1.82, 2.24) is 4.40 Å². The Labute approximate surface area is 111 Å². The Morgan fingerprint density at radius 3 is 3.06 bits per heavy atom. The highest BCUT2D eigenvalue weighted by Crippen LogP contribution is 2.23. The zero-order chi connectivity index (χ0) is 13.0. The Morgan fingerprint density at radius 2 is 2.33 bits per heavy atom. The highest BCUT2D eigenvalue weighted by molar-refractivity contribution is 7.98. The van der Waals surface area contributed by atoms with Crippen molar-refractivity contribution in [3.63, 3.8) is 0 Å². The van der Waals surface area contributed by atoms with Crippen molar-refractivity contribution >= 4 is 17.3 Å². The van der Waals surface area contributed by atoms with Crippen LogP contribution in [-0.2, 0) is 5.75 Å². The van der Waals surface area contributed by atoms with Gasteiger partial charge in [0.25, 0.3) is 0 Å². The number of fused-ring (bicyclic) bond motifs is 1. The second-order valence-corrected chi connectivity index (χ2v) is 5.47. The molecule has 0 radical (unpaired) electrons. The summed E-state index contributed by atoms with van der Waals surface area (Å²) in [6, 6.07) is 8.15. The first-order chi connectivity index (χ1) is 8.76. The maximum atomic E-state index is 9.25. The maximum absolute atomic E-state index is 9.25. The second kappa shape index (κ2) is 5.94. The molecule has 2 heterocycles. The summed E-state index contributed by atoms with van der Waals surface area (Å²) in [5.41, 5.74) is 2.80. The summed E-state index contributed by atoms with van der Waals surface area (Å²) in [6.45, 7) is 2.24. The lowest BCUT2D eigenvalue weighted by molar-refractivity contribution is 0.250. The molecule has 1 N–H and O–H groups in total. The average Bonchev–Trinajstić information content (AvgIpc) is 2.75. The van der Waals surface area contributed by atoms with Crippen LogP contribution in [-0.4, -0.2) is 21.9 Å². The Hall–Kier alpha value is -1.44. The molecule has 18 heavy (non-hydrogen) atoms. The third kappa shape index (κ3) is 2.69. The van der Waals surface area contributed by atoms with Gasteiger partial charge < -0.3 is 9.51 Å². The van der Waals surface area contributed by atoms with Gasteiger partial charge in [0.1, 0.15) is 6.07 Å². The first-order valence-electron chi connectivity index (χ1n) is 5.93. The number of aromatic nitrogens is 1. The van der Waals surface area contributed by atoms with Crippen LogP contribution >= 0.6 is 11.8 Å². The summed E-state index contributed by atoms with van der Waals surface area (Å²) in [5.74, 6) is 2.03. The van der Waals surface area contributed by atoms with Crippen LogP contribution in [0.2, 0.25) is 0 Å². The molecule has 0 saturated carbocycles. The molecule has 0 aromatic carbocycles. The van der Waals surface area contributed by atoms with Crippen LogP contribution in [0.3, 0.4) is 0 Å². The summed E-state index contributed by atoms with van der Waals surface area (Å²) in [6.07, 6.45) is 3.98. The fraction of sp³-hybridized carbons (Fsp3) is 0.357. The van der Waals surface area contributed by atoms with Crippen molar-refractivity contribution in [3.8, 4) is 6.07 Å². The lowest BCUT2D eigenvalue weighted by Crippen LogP contribution is -2.03. The van der Waals surface area contributed by atoms with Crippen LogP contribution in [0.4, 0.5) is 0 Å². The van der Waals surface area contributed by atoms with Crippen molar-refractivity contribution in [2.75, 3.05) is 12.4 Å². The number of nitriles is 1. The molecule has 0 amide bonds. The van der Waals surface area contributed by atoms with Crippen molar-refractivity contribution < 1.29 is 5.11 Å². The molecule has 0 aliphatic rings. The molecule has 1 unspecified atom stereocenters. The second-order valence-electron chi connectivity index (χ2n) is 4.44. The van der Waals surface area contributed by atoms with Crippen molar-refractivity contribution in [2.24, 2.45) is 5.92 Å². The minimum atomic E-state index is 0.218. The Bertz CT molecular complexity index is 571. The number of aliphatic hydroxyl groups excluding tert-OH is 1. The zero-order valence-corrected chi connectivity index (χ0v) is 11.2. The van der Waals surface area contributed by atoms with Gasteiger partial charge in [-0.2, -0.15) is 17.0 Å². The quantitative estimate of drug-likeness (QED) is 0.899. The average molecular weight is 260 g/mol. The predicted octanol–water partition coefficient (Wildman–Crippen LogP) is 2.67. The molecule has 0 bridgehead atoms. The number of pyridine rings is 1. The van der Waals surface area contributed by atoms with E-state index in [1.54, 1.807) is 11.8 Å². The molecule has 94 valence electrons. The van der Waals surface area contributed by atoms with Gasteiger partial charge in [0.2, 0.25) is 0 Å². The molecule has 0 spiro atoms. The third-order valence-corrected chi connectivity index (χ3v) is 4.17. The normalized spacial score (nSPS) is 12.5. The smallest absolute Gasteiger partial charge is 0.102 e. The van der Waals surface area contributed by atoms with Crippen LogP contribution in [0.15, 0.2) is 30.6 Å². The number of rotatable bonds is 5. The summed E-state index contributed by atoms with van der Waals surface area (Å²) in [7, 11) is 0. The molecule has 0 aliphatic carbocycles. The number of hydrogen-bond donors (Lipinski definition) is 1. The van der Waals surface area contributed by atoms with Gasteiger partial charge in [0.15, 0.2) is 0 Å². The van der Waals surface area contributed by atoms with Gasteiger partial charge in [-0.25, -0.2) is 0 Å². The first kappa shape index (κ1) is 13.0. The van der Waals surface area contributed by atoms with E-state index in [0.717, 1.165) is 28.1 Å². The van der Waals surface area contributed by atoms with Crippen molar-refractivity contribution in [1.29, 1.82) is 5.26 Å². The Morgan fingerprint density at radius 1 is 1.50 bits per heavy atom. The molecule has 0 saturated heterocycles. The minimum Gasteiger partial charge on any atom is -0.396 e. The van der Waals surface area contributed by atoms with Gasteiger partial charge in [-0.15, -0.1) is 0 Å². The first-order valence-corrected chi connectivity index (χ1v) is 7.09. The summed E-state index contributed by atoms with van der Waals surface area (Å²) < 4.78 is 1.99. The van der Waals surface area contributed by atoms with Crippen molar-refractivity contribution in [2.45, 2.75) is 12.7 Å². The Kier molecular flexibility index (Phi) is 4.29. The zero-order valence-electron chi connectivity index (χ0n) is 10.3. The van der Waals surface area contributed by atoms with Crippen LogP contribution in [0.1, 0.15) is 18.1 Å². The fourth-order valence-electron chi connectivity index (χ4n) is 1.84. The third-order valence-electron chi connectivity index (χ3n) is 2.85. The van der Waals surface area contributed by atoms with Gasteiger partial charge in [0, 0.05) is 24.8 Å². The molecule has 0 fully saturated rings. The van der Waals surface area contributed by atoms with E-state index in [4.69, 9.17) is 5.11 Å². The Balaban J connectivity index is 2.16. The van der Waals surface area contributed by atoms with E-state index in [9.17, 15) is 5.26 Å². The minimum absolute atomic E-state index is 0.218. The molecule has 2 aromatic heterocycles. The summed E-state index contributed by atoms with van der Waals surface area (Å²) >= 11 is 1.76. The maximum Gasteiger partial charge on any atom is 0.102 e. The van der Waals surface area contributed by atoms with Crippen LogP contribution in [0, 0.1) is 17.2 Å². The largest absolute Gasteiger partial charge is 0.396 e. The number of nitrogens with zero attached hydrogens (tertiary/aromatic N) is 2. The number of aliphatic hydroxyl groups is 1. The molecule has 2 aromatic rings. The molecular weight excluding hydrogens is 244 g/mol. The number of thioether (sulfide) groups is 1. The molecule has 1 atom stereocenters. The van der Waals surface area contributed by atoms with E-state index < -0.39 is 0 Å². The molecular formula is C14H16N2OS. The lowest BCUT2D eigenvalue weighted by Gasteiger charge is -2.06. The highest BCUT2D eigenvalue weighted by atomic mass is 32.2. The van der Waals surface area contributed by atoms with Crippen molar-refractivity contribution in [3.05, 3.63) is 41.7 Å². The van der Waals surface area contributed by atoms with Crippen LogP contribution < -0.4 is 0 Å².